The van der Waals surface area contributed by atoms with Crippen molar-refractivity contribution in [3.8, 4) is 5.19 Å². The highest BCUT2D eigenvalue weighted by Crippen LogP contribution is 2.17. The smallest absolute Gasteiger partial charge is 0.273 e. The van der Waals surface area contributed by atoms with Gasteiger partial charge in [-0.25, -0.2) is 4.98 Å². The van der Waals surface area contributed by atoms with E-state index in [0.29, 0.717) is 0 Å². The Morgan fingerprint density at radius 1 is 1.42 bits per heavy atom. The average molecular weight is 283 g/mol. The van der Waals surface area contributed by atoms with Crippen LogP contribution in [0.1, 0.15) is 12.8 Å². The third-order valence-corrected chi connectivity index (χ3v) is 3.48. The second kappa shape index (κ2) is 9.07. The molecule has 1 rings (SSSR count). The van der Waals surface area contributed by atoms with Crippen molar-refractivity contribution in [3.05, 3.63) is 24.2 Å². The maximum absolute atomic E-state index is 5.94. The molecule has 1 aromatic heterocycles. The zero-order chi connectivity index (χ0) is 14.1. The first-order valence-corrected chi connectivity index (χ1v) is 7.50. The summed E-state index contributed by atoms with van der Waals surface area (Å²) < 4.78 is 5.94. The van der Waals surface area contributed by atoms with Gasteiger partial charge in [0.2, 0.25) is 0 Å². The fraction of sp³-hybridized carbons (Fsp3) is 0.643. The summed E-state index contributed by atoms with van der Waals surface area (Å²) in [4.78, 5) is 8.69. The topological polar surface area (TPSA) is 28.6 Å². The molecular weight excluding hydrogens is 258 g/mol. The van der Waals surface area contributed by atoms with Crippen LogP contribution < -0.4 is 4.74 Å². The van der Waals surface area contributed by atoms with Crippen molar-refractivity contribution in [1.29, 1.82) is 0 Å². The van der Waals surface area contributed by atoms with Gasteiger partial charge in [-0.2, -0.15) is 0 Å². The molecule has 0 spiro atoms. The van der Waals surface area contributed by atoms with Crippen LogP contribution in [0, 0.1) is 0 Å². The Morgan fingerprint density at radius 3 is 2.79 bits per heavy atom. The van der Waals surface area contributed by atoms with Crippen molar-refractivity contribution < 1.29 is 4.74 Å². The SMILES string of the molecule is C=CCCC(CN(C)CCN(C)C)Oc1nccs1. The molecule has 0 aliphatic rings. The summed E-state index contributed by atoms with van der Waals surface area (Å²) in [6.45, 7) is 6.80. The van der Waals surface area contributed by atoms with Gasteiger partial charge >= 0.3 is 0 Å². The molecular formula is C14H25N3OS. The normalized spacial score (nSPS) is 12.9. The van der Waals surface area contributed by atoms with E-state index >= 15 is 0 Å². The maximum atomic E-state index is 5.94. The molecule has 1 aromatic rings. The van der Waals surface area contributed by atoms with E-state index in [0.717, 1.165) is 37.7 Å². The Bertz CT molecular complexity index is 340. The van der Waals surface area contributed by atoms with Gasteiger partial charge in [-0.15, -0.1) is 6.58 Å². The minimum absolute atomic E-state index is 0.177. The first-order chi connectivity index (χ1) is 9.11. The Labute approximate surface area is 120 Å². The summed E-state index contributed by atoms with van der Waals surface area (Å²) in [7, 11) is 6.32. The minimum atomic E-state index is 0.177. The lowest BCUT2D eigenvalue weighted by Crippen LogP contribution is -2.36. The van der Waals surface area contributed by atoms with Crippen molar-refractivity contribution in [3.63, 3.8) is 0 Å². The van der Waals surface area contributed by atoms with Gasteiger partial charge in [-0.05, 0) is 34.0 Å². The highest BCUT2D eigenvalue weighted by Gasteiger charge is 2.14. The number of hydrogen-bond donors (Lipinski definition) is 0. The molecule has 1 unspecified atom stereocenters. The number of hydrogen-bond acceptors (Lipinski definition) is 5. The number of nitrogens with zero attached hydrogens (tertiary/aromatic N) is 3. The van der Waals surface area contributed by atoms with Crippen LogP contribution in [0.15, 0.2) is 24.2 Å². The molecule has 4 nitrogen and oxygen atoms in total. The molecule has 0 radical (unpaired) electrons. The standard InChI is InChI=1S/C14H25N3OS/c1-5-6-7-13(18-14-15-8-11-19-14)12-17(4)10-9-16(2)3/h5,8,11,13H,1,6-7,9-10,12H2,2-4H3. The quantitative estimate of drug-likeness (QED) is 0.616. The monoisotopic (exact) mass is 283 g/mol. The fourth-order valence-electron chi connectivity index (χ4n) is 1.71. The molecule has 5 heteroatoms. The largest absolute Gasteiger partial charge is 0.465 e. The van der Waals surface area contributed by atoms with Crippen LogP contribution >= 0.6 is 11.3 Å². The Hall–Kier alpha value is -0.910. The third kappa shape index (κ3) is 7.30. The van der Waals surface area contributed by atoms with Gasteiger partial charge in [-0.1, -0.05) is 17.4 Å². The first-order valence-electron chi connectivity index (χ1n) is 6.62. The number of rotatable bonds is 10. The second-order valence-corrected chi connectivity index (χ2v) is 5.83. The number of allylic oxidation sites excluding steroid dienone is 1. The number of ether oxygens (including phenoxy) is 1. The lowest BCUT2D eigenvalue weighted by molar-refractivity contribution is 0.135. The molecule has 0 fully saturated rings. The summed E-state index contributed by atoms with van der Waals surface area (Å²) in [5, 5.41) is 2.70. The van der Waals surface area contributed by atoms with Crippen LogP contribution in [0.25, 0.3) is 0 Å². The minimum Gasteiger partial charge on any atom is -0.465 e. The van der Waals surface area contributed by atoms with Crippen molar-refractivity contribution in [2.24, 2.45) is 0 Å². The Morgan fingerprint density at radius 2 is 2.21 bits per heavy atom. The third-order valence-electron chi connectivity index (χ3n) is 2.81. The molecule has 108 valence electrons. The molecule has 1 heterocycles. The van der Waals surface area contributed by atoms with Crippen molar-refractivity contribution in [1.82, 2.24) is 14.8 Å². The van der Waals surface area contributed by atoms with Crippen LogP contribution in [0.2, 0.25) is 0 Å². The molecule has 0 N–H and O–H groups in total. The number of thiazole rings is 1. The Balaban J connectivity index is 2.41. The molecule has 0 aliphatic heterocycles. The summed E-state index contributed by atoms with van der Waals surface area (Å²) in [5.74, 6) is 0. The summed E-state index contributed by atoms with van der Waals surface area (Å²) >= 11 is 1.54. The summed E-state index contributed by atoms with van der Waals surface area (Å²) in [6, 6.07) is 0. The summed E-state index contributed by atoms with van der Waals surface area (Å²) in [6.07, 6.45) is 5.85. The lowest BCUT2D eigenvalue weighted by atomic mass is 10.2. The summed E-state index contributed by atoms with van der Waals surface area (Å²) in [5.41, 5.74) is 0. The predicted molar refractivity (Wildman–Crippen MR) is 82.0 cm³/mol. The van der Waals surface area contributed by atoms with Crippen molar-refractivity contribution in [2.45, 2.75) is 18.9 Å². The van der Waals surface area contributed by atoms with Crippen LogP contribution in [-0.4, -0.2) is 61.7 Å². The van der Waals surface area contributed by atoms with E-state index < -0.39 is 0 Å². The van der Waals surface area contributed by atoms with Crippen LogP contribution in [-0.2, 0) is 0 Å². The van der Waals surface area contributed by atoms with Crippen LogP contribution in [0.3, 0.4) is 0 Å². The van der Waals surface area contributed by atoms with Gasteiger partial charge in [0, 0.05) is 31.2 Å². The van der Waals surface area contributed by atoms with Crippen LogP contribution in [0.4, 0.5) is 0 Å². The zero-order valence-corrected chi connectivity index (χ0v) is 13.0. The fourth-order valence-corrected chi connectivity index (χ4v) is 2.26. The average Bonchev–Trinajstić information content (AvgIpc) is 2.86. The van der Waals surface area contributed by atoms with E-state index in [1.807, 2.05) is 11.5 Å². The number of likely N-dealkylation sites (N-methyl/N-ethyl adjacent to an activating group) is 2. The molecule has 0 aromatic carbocycles. The molecule has 0 bridgehead atoms. The van der Waals surface area contributed by atoms with E-state index in [9.17, 15) is 0 Å². The van der Waals surface area contributed by atoms with Gasteiger partial charge in [0.05, 0.1) is 0 Å². The highest BCUT2D eigenvalue weighted by atomic mass is 32.1. The van der Waals surface area contributed by atoms with Crippen LogP contribution in [0.5, 0.6) is 5.19 Å². The predicted octanol–water partition coefficient (Wildman–Crippen LogP) is 2.35. The maximum Gasteiger partial charge on any atom is 0.273 e. The molecule has 0 amide bonds. The van der Waals surface area contributed by atoms with E-state index in [1.165, 1.54) is 0 Å². The van der Waals surface area contributed by atoms with Gasteiger partial charge < -0.3 is 14.5 Å². The van der Waals surface area contributed by atoms with E-state index in [4.69, 9.17) is 4.74 Å². The first kappa shape index (κ1) is 16.1. The molecule has 0 aliphatic carbocycles. The van der Waals surface area contributed by atoms with Crippen molar-refractivity contribution >= 4 is 11.3 Å². The van der Waals surface area contributed by atoms with Crippen molar-refractivity contribution in [2.75, 3.05) is 40.8 Å². The second-order valence-electron chi connectivity index (χ2n) is 4.97. The lowest BCUT2D eigenvalue weighted by Gasteiger charge is -2.24. The van der Waals surface area contributed by atoms with Gasteiger partial charge in [0.15, 0.2) is 0 Å². The Kier molecular flexibility index (Phi) is 7.70. The van der Waals surface area contributed by atoms with Gasteiger partial charge in [0.25, 0.3) is 5.19 Å². The van der Waals surface area contributed by atoms with E-state index in [1.54, 1.807) is 17.5 Å². The molecule has 1 atom stereocenters. The highest BCUT2D eigenvalue weighted by molar-refractivity contribution is 7.11. The van der Waals surface area contributed by atoms with E-state index in [-0.39, 0.29) is 6.10 Å². The molecule has 19 heavy (non-hydrogen) atoms. The van der Waals surface area contributed by atoms with Gasteiger partial charge in [-0.3, -0.25) is 0 Å². The zero-order valence-electron chi connectivity index (χ0n) is 12.2. The van der Waals surface area contributed by atoms with Gasteiger partial charge in [0.1, 0.15) is 6.10 Å². The van der Waals surface area contributed by atoms with E-state index in [2.05, 4.69) is 42.5 Å². The molecule has 0 saturated carbocycles. The number of aromatic nitrogens is 1. The molecule has 0 saturated heterocycles.